The molecule has 1 N–H and O–H groups in total. The topological polar surface area (TPSA) is 48.0 Å². The predicted molar refractivity (Wildman–Crippen MR) is 123 cm³/mol. The van der Waals surface area contributed by atoms with Crippen molar-refractivity contribution in [3.63, 3.8) is 0 Å². The molecule has 2 aromatic rings. The van der Waals surface area contributed by atoms with Gasteiger partial charge in [0.1, 0.15) is 11.9 Å². The number of carbonyl (C=O) groups is 1. The first kappa shape index (κ1) is 20.5. The summed E-state index contributed by atoms with van der Waals surface area (Å²) in [4.78, 5) is 19.5. The number of benzene rings is 2. The molecule has 30 heavy (non-hydrogen) atoms. The SMILES string of the molecule is CCN1C[C@H](CN(C)CC(=O)Nc2ccccc2N2CCCC2)Oc2ccccc21. The standard InChI is InChI=1S/C24H32N4O2/c1-3-27-17-19(30-23-13-7-6-12-22(23)27)16-26(2)18-24(29)25-20-10-4-5-11-21(20)28-14-8-9-15-28/h4-7,10-13,19H,3,8-9,14-18H2,1-2H3,(H,25,29)/t19-/m0/s1. The highest BCUT2D eigenvalue weighted by Crippen LogP contribution is 2.33. The first-order valence-corrected chi connectivity index (χ1v) is 11.0. The number of nitrogens with zero attached hydrogens (tertiary/aromatic N) is 3. The molecule has 0 aromatic heterocycles. The lowest BCUT2D eigenvalue weighted by Crippen LogP contribution is -2.46. The van der Waals surface area contributed by atoms with Crippen LogP contribution in [-0.2, 0) is 4.79 Å². The predicted octanol–water partition coefficient (Wildman–Crippen LogP) is 3.44. The van der Waals surface area contributed by atoms with Crippen molar-refractivity contribution in [3.05, 3.63) is 48.5 Å². The van der Waals surface area contributed by atoms with E-state index in [4.69, 9.17) is 4.74 Å². The van der Waals surface area contributed by atoms with Gasteiger partial charge in [-0.25, -0.2) is 0 Å². The summed E-state index contributed by atoms with van der Waals surface area (Å²) in [7, 11) is 1.98. The van der Waals surface area contributed by atoms with Crippen molar-refractivity contribution in [3.8, 4) is 5.75 Å². The summed E-state index contributed by atoms with van der Waals surface area (Å²) in [5.74, 6) is 0.931. The summed E-state index contributed by atoms with van der Waals surface area (Å²) in [6, 6.07) is 16.3. The minimum absolute atomic E-state index is 0.00713. The number of para-hydroxylation sites is 4. The summed E-state index contributed by atoms with van der Waals surface area (Å²) < 4.78 is 6.20. The van der Waals surface area contributed by atoms with E-state index in [0.717, 1.165) is 49.0 Å². The number of hydrogen-bond donors (Lipinski definition) is 1. The second-order valence-electron chi connectivity index (χ2n) is 8.20. The molecule has 6 heteroatoms. The van der Waals surface area contributed by atoms with E-state index in [1.807, 2.05) is 48.3 Å². The molecule has 0 saturated carbocycles. The fraction of sp³-hybridized carbons (Fsp3) is 0.458. The molecule has 1 saturated heterocycles. The van der Waals surface area contributed by atoms with Crippen molar-refractivity contribution in [2.24, 2.45) is 0 Å². The van der Waals surface area contributed by atoms with Gasteiger partial charge in [-0.05, 0) is 51.1 Å². The van der Waals surface area contributed by atoms with Crippen LogP contribution in [0.4, 0.5) is 17.1 Å². The number of rotatable bonds is 7. The molecule has 6 nitrogen and oxygen atoms in total. The molecular weight excluding hydrogens is 376 g/mol. The molecule has 4 rings (SSSR count). The average Bonchev–Trinajstić information content (AvgIpc) is 3.28. The third kappa shape index (κ3) is 4.70. The molecule has 2 aliphatic rings. The Morgan fingerprint density at radius 2 is 1.80 bits per heavy atom. The number of amides is 1. The van der Waals surface area contributed by atoms with Gasteiger partial charge in [0.15, 0.2) is 0 Å². The molecule has 1 fully saturated rings. The first-order chi connectivity index (χ1) is 14.6. The van der Waals surface area contributed by atoms with Gasteiger partial charge in [-0.2, -0.15) is 0 Å². The van der Waals surface area contributed by atoms with E-state index in [2.05, 4.69) is 34.2 Å². The highest BCUT2D eigenvalue weighted by molar-refractivity contribution is 5.95. The van der Waals surface area contributed by atoms with Gasteiger partial charge in [0, 0.05) is 26.2 Å². The van der Waals surface area contributed by atoms with Gasteiger partial charge in [-0.15, -0.1) is 0 Å². The second kappa shape index (κ2) is 9.39. The molecule has 0 bridgehead atoms. The fourth-order valence-corrected chi connectivity index (χ4v) is 4.43. The van der Waals surface area contributed by atoms with Crippen molar-refractivity contribution in [1.82, 2.24) is 4.90 Å². The highest BCUT2D eigenvalue weighted by atomic mass is 16.5. The van der Waals surface area contributed by atoms with E-state index in [-0.39, 0.29) is 12.0 Å². The lowest BCUT2D eigenvalue weighted by Gasteiger charge is -2.37. The second-order valence-corrected chi connectivity index (χ2v) is 8.20. The number of fused-ring (bicyclic) bond motifs is 1. The van der Waals surface area contributed by atoms with Crippen LogP contribution in [0.15, 0.2) is 48.5 Å². The van der Waals surface area contributed by atoms with E-state index >= 15 is 0 Å². The molecular formula is C24H32N4O2. The Labute approximate surface area is 179 Å². The molecule has 160 valence electrons. The molecule has 1 atom stereocenters. The summed E-state index contributed by atoms with van der Waals surface area (Å²) in [6.45, 7) is 7.08. The lowest BCUT2D eigenvalue weighted by atomic mass is 10.2. The highest BCUT2D eigenvalue weighted by Gasteiger charge is 2.26. The third-order valence-corrected chi connectivity index (χ3v) is 5.86. The molecule has 0 spiro atoms. The van der Waals surface area contributed by atoms with Crippen LogP contribution in [0.5, 0.6) is 5.75 Å². The van der Waals surface area contributed by atoms with Gasteiger partial charge in [0.2, 0.25) is 5.91 Å². The molecule has 0 unspecified atom stereocenters. The van der Waals surface area contributed by atoms with Crippen LogP contribution in [0, 0.1) is 0 Å². The van der Waals surface area contributed by atoms with Crippen molar-refractivity contribution in [2.75, 3.05) is 61.4 Å². The summed E-state index contributed by atoms with van der Waals surface area (Å²) in [5, 5.41) is 3.12. The maximum Gasteiger partial charge on any atom is 0.238 e. The van der Waals surface area contributed by atoms with Crippen LogP contribution in [0.2, 0.25) is 0 Å². The van der Waals surface area contributed by atoms with Crippen LogP contribution in [-0.4, -0.2) is 63.2 Å². The number of likely N-dealkylation sites (N-methyl/N-ethyl adjacent to an activating group) is 2. The number of hydrogen-bond acceptors (Lipinski definition) is 5. The zero-order valence-corrected chi connectivity index (χ0v) is 18.0. The maximum absolute atomic E-state index is 12.7. The largest absolute Gasteiger partial charge is 0.485 e. The van der Waals surface area contributed by atoms with Crippen molar-refractivity contribution >= 4 is 23.0 Å². The Balaban J connectivity index is 1.34. The van der Waals surface area contributed by atoms with Gasteiger partial charge in [-0.3, -0.25) is 9.69 Å². The fourth-order valence-electron chi connectivity index (χ4n) is 4.43. The quantitative estimate of drug-likeness (QED) is 0.761. The Bertz CT molecular complexity index is 866. The molecule has 0 aliphatic carbocycles. The number of carbonyl (C=O) groups excluding carboxylic acids is 1. The Kier molecular flexibility index (Phi) is 6.43. The number of ether oxygens (including phenoxy) is 1. The van der Waals surface area contributed by atoms with E-state index in [1.165, 1.54) is 12.8 Å². The number of nitrogens with one attached hydrogen (secondary N) is 1. The molecule has 2 aliphatic heterocycles. The van der Waals surface area contributed by atoms with Gasteiger partial charge in [0.05, 0.1) is 30.2 Å². The zero-order valence-electron chi connectivity index (χ0n) is 18.0. The molecule has 0 radical (unpaired) electrons. The third-order valence-electron chi connectivity index (χ3n) is 5.86. The summed E-state index contributed by atoms with van der Waals surface area (Å²) in [6.07, 6.45) is 2.46. The van der Waals surface area contributed by atoms with Crippen LogP contribution in [0.1, 0.15) is 19.8 Å². The number of anilines is 3. The van der Waals surface area contributed by atoms with E-state index in [0.29, 0.717) is 13.1 Å². The molecule has 1 amide bonds. The minimum Gasteiger partial charge on any atom is -0.485 e. The van der Waals surface area contributed by atoms with Crippen molar-refractivity contribution < 1.29 is 9.53 Å². The van der Waals surface area contributed by atoms with Gasteiger partial charge in [-0.1, -0.05) is 24.3 Å². The minimum atomic E-state index is 0.00713. The monoisotopic (exact) mass is 408 g/mol. The lowest BCUT2D eigenvalue weighted by molar-refractivity contribution is -0.117. The van der Waals surface area contributed by atoms with Crippen LogP contribution in [0.25, 0.3) is 0 Å². The Hall–Kier alpha value is -2.73. The molecule has 2 heterocycles. The van der Waals surface area contributed by atoms with E-state index in [1.54, 1.807) is 0 Å². The van der Waals surface area contributed by atoms with E-state index in [9.17, 15) is 4.79 Å². The average molecular weight is 409 g/mol. The zero-order chi connectivity index (χ0) is 20.9. The summed E-state index contributed by atoms with van der Waals surface area (Å²) >= 11 is 0. The van der Waals surface area contributed by atoms with Crippen LogP contribution in [0.3, 0.4) is 0 Å². The van der Waals surface area contributed by atoms with Crippen molar-refractivity contribution in [1.29, 1.82) is 0 Å². The van der Waals surface area contributed by atoms with E-state index < -0.39 is 0 Å². The van der Waals surface area contributed by atoms with Gasteiger partial charge >= 0.3 is 0 Å². The van der Waals surface area contributed by atoms with Gasteiger partial charge < -0.3 is 19.9 Å². The summed E-state index contributed by atoms with van der Waals surface area (Å²) in [5.41, 5.74) is 3.17. The smallest absolute Gasteiger partial charge is 0.238 e. The Morgan fingerprint density at radius 3 is 2.57 bits per heavy atom. The normalized spacial score (nSPS) is 18.3. The van der Waals surface area contributed by atoms with Crippen LogP contribution < -0.4 is 19.9 Å². The first-order valence-electron chi connectivity index (χ1n) is 11.0. The van der Waals surface area contributed by atoms with Crippen LogP contribution >= 0.6 is 0 Å². The van der Waals surface area contributed by atoms with Crippen molar-refractivity contribution in [2.45, 2.75) is 25.9 Å². The Morgan fingerprint density at radius 1 is 1.10 bits per heavy atom. The molecule has 2 aromatic carbocycles. The maximum atomic E-state index is 12.7. The van der Waals surface area contributed by atoms with Gasteiger partial charge in [0.25, 0.3) is 0 Å².